The molecule has 23 heavy (non-hydrogen) atoms. The summed E-state index contributed by atoms with van der Waals surface area (Å²) >= 11 is 0. The van der Waals surface area contributed by atoms with Crippen LogP contribution in [0.4, 0.5) is 0 Å². The molecule has 4 nitrogen and oxygen atoms in total. The minimum absolute atomic E-state index is 0.0217. The SMILES string of the molecule is CC[C@@H](NC(=O)CCN1CCCCC1=O)c1ccc(C)c(C)c1. The van der Waals surface area contributed by atoms with Crippen LogP contribution in [0.1, 0.15) is 61.8 Å². The molecule has 1 aliphatic rings. The monoisotopic (exact) mass is 316 g/mol. The Hall–Kier alpha value is -1.84. The van der Waals surface area contributed by atoms with Crippen LogP contribution >= 0.6 is 0 Å². The number of aryl methyl sites for hydroxylation is 2. The molecule has 2 amide bonds. The van der Waals surface area contributed by atoms with Gasteiger partial charge in [-0.15, -0.1) is 0 Å². The molecule has 1 aromatic carbocycles. The number of benzene rings is 1. The largest absolute Gasteiger partial charge is 0.349 e. The predicted octanol–water partition coefficient (Wildman–Crippen LogP) is 3.27. The molecule has 1 saturated heterocycles. The zero-order valence-corrected chi connectivity index (χ0v) is 14.5. The number of rotatable bonds is 6. The van der Waals surface area contributed by atoms with Gasteiger partial charge >= 0.3 is 0 Å². The summed E-state index contributed by atoms with van der Waals surface area (Å²) in [6, 6.07) is 6.38. The standard InChI is InChI=1S/C19H28N2O2/c1-4-17(16-9-8-14(2)15(3)13-16)20-18(22)10-12-21-11-6-5-7-19(21)23/h8-9,13,17H,4-7,10-12H2,1-3H3,(H,20,22)/t17-/m1/s1. The third-order valence-electron chi connectivity index (χ3n) is 4.71. The maximum atomic E-state index is 12.2. The van der Waals surface area contributed by atoms with Crippen LogP contribution in [0.3, 0.4) is 0 Å². The molecule has 0 spiro atoms. The minimum atomic E-state index is 0.0217. The van der Waals surface area contributed by atoms with Crippen molar-refractivity contribution in [1.29, 1.82) is 0 Å². The van der Waals surface area contributed by atoms with Gasteiger partial charge < -0.3 is 10.2 Å². The number of amides is 2. The lowest BCUT2D eigenvalue weighted by Gasteiger charge is -2.27. The zero-order chi connectivity index (χ0) is 16.8. The molecular formula is C19H28N2O2. The normalized spacial score (nSPS) is 16.3. The van der Waals surface area contributed by atoms with E-state index < -0.39 is 0 Å². The lowest BCUT2D eigenvalue weighted by molar-refractivity contribution is -0.133. The smallest absolute Gasteiger partial charge is 0.222 e. The van der Waals surface area contributed by atoms with Gasteiger partial charge in [-0.25, -0.2) is 0 Å². The van der Waals surface area contributed by atoms with Gasteiger partial charge in [0.1, 0.15) is 0 Å². The molecule has 0 aromatic heterocycles. The highest BCUT2D eigenvalue weighted by Gasteiger charge is 2.19. The topological polar surface area (TPSA) is 49.4 Å². The average molecular weight is 316 g/mol. The average Bonchev–Trinajstić information content (AvgIpc) is 2.54. The van der Waals surface area contributed by atoms with Gasteiger partial charge in [-0.3, -0.25) is 9.59 Å². The molecule has 0 radical (unpaired) electrons. The van der Waals surface area contributed by atoms with Crippen LogP contribution in [-0.4, -0.2) is 29.8 Å². The van der Waals surface area contributed by atoms with Gasteiger partial charge in [0, 0.05) is 25.9 Å². The number of carbonyl (C=O) groups is 2. The van der Waals surface area contributed by atoms with E-state index in [1.165, 1.54) is 11.1 Å². The third kappa shape index (κ3) is 4.81. The van der Waals surface area contributed by atoms with E-state index in [1.54, 1.807) is 0 Å². The quantitative estimate of drug-likeness (QED) is 0.875. The first-order valence-electron chi connectivity index (χ1n) is 8.65. The van der Waals surface area contributed by atoms with Crippen LogP contribution in [0.5, 0.6) is 0 Å². The van der Waals surface area contributed by atoms with Gasteiger partial charge in [0.05, 0.1) is 6.04 Å². The number of carbonyl (C=O) groups excluding carboxylic acids is 2. The summed E-state index contributed by atoms with van der Waals surface area (Å²) in [6.45, 7) is 7.59. The van der Waals surface area contributed by atoms with Crippen molar-refractivity contribution in [3.05, 3.63) is 34.9 Å². The molecule has 1 atom stereocenters. The van der Waals surface area contributed by atoms with Crippen LogP contribution in [0.25, 0.3) is 0 Å². The van der Waals surface area contributed by atoms with E-state index in [4.69, 9.17) is 0 Å². The highest BCUT2D eigenvalue weighted by molar-refractivity contribution is 5.79. The Balaban J connectivity index is 1.89. The van der Waals surface area contributed by atoms with Crippen molar-refractivity contribution in [3.8, 4) is 0 Å². The predicted molar refractivity (Wildman–Crippen MR) is 92.1 cm³/mol. The third-order valence-corrected chi connectivity index (χ3v) is 4.71. The molecule has 0 saturated carbocycles. The number of likely N-dealkylation sites (tertiary alicyclic amines) is 1. The Morgan fingerprint density at radius 2 is 2.04 bits per heavy atom. The van der Waals surface area contributed by atoms with Gasteiger partial charge in [0.2, 0.25) is 11.8 Å². The van der Waals surface area contributed by atoms with Crippen molar-refractivity contribution in [2.45, 2.75) is 58.9 Å². The molecular weight excluding hydrogens is 288 g/mol. The van der Waals surface area contributed by atoms with Gasteiger partial charge in [-0.1, -0.05) is 25.1 Å². The van der Waals surface area contributed by atoms with Crippen LogP contribution in [-0.2, 0) is 9.59 Å². The summed E-state index contributed by atoms with van der Waals surface area (Å²) in [5.74, 6) is 0.207. The highest BCUT2D eigenvalue weighted by atomic mass is 16.2. The molecule has 0 unspecified atom stereocenters. The van der Waals surface area contributed by atoms with E-state index in [0.29, 0.717) is 19.4 Å². The van der Waals surface area contributed by atoms with E-state index in [-0.39, 0.29) is 17.9 Å². The van der Waals surface area contributed by atoms with Gasteiger partial charge in [0.25, 0.3) is 0 Å². The molecule has 1 N–H and O–H groups in total. The molecule has 1 aliphatic heterocycles. The van der Waals surface area contributed by atoms with Gasteiger partial charge in [-0.05, 0) is 49.8 Å². The van der Waals surface area contributed by atoms with Crippen molar-refractivity contribution in [3.63, 3.8) is 0 Å². The lowest BCUT2D eigenvalue weighted by atomic mass is 9.99. The minimum Gasteiger partial charge on any atom is -0.349 e. The maximum Gasteiger partial charge on any atom is 0.222 e. The second kappa shape index (κ2) is 8.14. The first-order valence-corrected chi connectivity index (χ1v) is 8.65. The van der Waals surface area contributed by atoms with Crippen molar-refractivity contribution >= 4 is 11.8 Å². The van der Waals surface area contributed by atoms with E-state index in [9.17, 15) is 9.59 Å². The maximum absolute atomic E-state index is 12.2. The Bertz CT molecular complexity index is 568. The summed E-state index contributed by atoms with van der Waals surface area (Å²) in [6.07, 6.45) is 3.89. The number of nitrogens with one attached hydrogen (secondary N) is 1. The molecule has 0 bridgehead atoms. The van der Waals surface area contributed by atoms with Crippen molar-refractivity contribution < 1.29 is 9.59 Å². The zero-order valence-electron chi connectivity index (χ0n) is 14.5. The summed E-state index contributed by atoms with van der Waals surface area (Å²) in [5, 5.41) is 3.11. The molecule has 0 aliphatic carbocycles. The summed E-state index contributed by atoms with van der Waals surface area (Å²) in [5.41, 5.74) is 3.66. The first kappa shape index (κ1) is 17.5. The number of piperidine rings is 1. The Kier molecular flexibility index (Phi) is 6.20. The molecule has 126 valence electrons. The molecule has 1 aromatic rings. The molecule has 1 heterocycles. The van der Waals surface area contributed by atoms with Crippen LogP contribution < -0.4 is 5.32 Å². The van der Waals surface area contributed by atoms with Crippen LogP contribution in [0.2, 0.25) is 0 Å². The van der Waals surface area contributed by atoms with Crippen molar-refractivity contribution in [2.75, 3.05) is 13.1 Å². The van der Waals surface area contributed by atoms with E-state index in [1.807, 2.05) is 4.90 Å². The fourth-order valence-electron chi connectivity index (χ4n) is 3.00. The number of hydrogen-bond acceptors (Lipinski definition) is 2. The fourth-order valence-corrected chi connectivity index (χ4v) is 3.00. The summed E-state index contributed by atoms with van der Waals surface area (Å²) in [7, 11) is 0. The van der Waals surface area contributed by atoms with Gasteiger partial charge in [-0.2, -0.15) is 0 Å². The van der Waals surface area contributed by atoms with E-state index >= 15 is 0 Å². The molecule has 4 heteroatoms. The van der Waals surface area contributed by atoms with Crippen molar-refractivity contribution in [2.24, 2.45) is 0 Å². The van der Waals surface area contributed by atoms with Crippen LogP contribution in [0, 0.1) is 13.8 Å². The second-order valence-corrected chi connectivity index (χ2v) is 6.46. The number of hydrogen-bond donors (Lipinski definition) is 1. The lowest BCUT2D eigenvalue weighted by Crippen LogP contribution is -2.38. The fraction of sp³-hybridized carbons (Fsp3) is 0.579. The number of nitrogens with zero attached hydrogens (tertiary/aromatic N) is 1. The van der Waals surface area contributed by atoms with Gasteiger partial charge in [0.15, 0.2) is 0 Å². The first-order chi connectivity index (χ1) is 11.0. The van der Waals surface area contributed by atoms with E-state index in [0.717, 1.165) is 31.4 Å². The summed E-state index contributed by atoms with van der Waals surface area (Å²) in [4.78, 5) is 25.8. The van der Waals surface area contributed by atoms with Crippen molar-refractivity contribution in [1.82, 2.24) is 10.2 Å². The molecule has 1 fully saturated rings. The Morgan fingerprint density at radius 1 is 1.26 bits per heavy atom. The Morgan fingerprint density at radius 3 is 2.70 bits per heavy atom. The molecule has 2 rings (SSSR count). The summed E-state index contributed by atoms with van der Waals surface area (Å²) < 4.78 is 0. The van der Waals surface area contributed by atoms with E-state index in [2.05, 4.69) is 44.3 Å². The highest BCUT2D eigenvalue weighted by Crippen LogP contribution is 2.20. The van der Waals surface area contributed by atoms with Crippen LogP contribution in [0.15, 0.2) is 18.2 Å². The second-order valence-electron chi connectivity index (χ2n) is 6.46. The Labute approximate surface area is 139 Å².